The second kappa shape index (κ2) is 8.01. The molecule has 1 aromatic heterocycles. The molecule has 0 saturated heterocycles. The van der Waals surface area contributed by atoms with Gasteiger partial charge < -0.3 is 4.74 Å². The van der Waals surface area contributed by atoms with E-state index in [2.05, 4.69) is 9.72 Å². The molecule has 11 heteroatoms. The maximum Gasteiger partial charge on any atom is 0.464 e. The average Bonchev–Trinajstić information content (AvgIpc) is 2.61. The number of carbonyl (C=O) groups excluding carboxylic acids is 2. The van der Waals surface area contributed by atoms with E-state index < -0.39 is 23.7 Å². The van der Waals surface area contributed by atoms with E-state index in [1.54, 1.807) is 5.32 Å². The summed E-state index contributed by atoms with van der Waals surface area (Å²) >= 11 is 11.5. The smallest absolute Gasteiger partial charge is 0.464 e. The SMILES string of the molecule is COC(=O)[C@@](NC(=O)c1ccccc1Cl)(Nc1ccc(Cl)c[nH+]1)C(F)(F)F. The Morgan fingerprint density at radius 2 is 1.78 bits per heavy atom. The number of ether oxygens (including phenoxy) is 1. The minimum absolute atomic E-state index is 0.0889. The molecule has 1 aromatic carbocycles. The normalized spacial score (nSPS) is 13.4. The number of aromatic amines is 1. The van der Waals surface area contributed by atoms with Gasteiger partial charge in [-0.3, -0.25) is 10.1 Å². The Balaban J connectivity index is 2.50. The van der Waals surface area contributed by atoms with Gasteiger partial charge in [0, 0.05) is 6.07 Å². The molecule has 1 atom stereocenters. The summed E-state index contributed by atoms with van der Waals surface area (Å²) in [5, 5.41) is 3.73. The lowest BCUT2D eigenvalue weighted by molar-refractivity contribution is -0.362. The summed E-state index contributed by atoms with van der Waals surface area (Å²) in [6.45, 7) is 0. The van der Waals surface area contributed by atoms with Crippen molar-refractivity contribution in [3.63, 3.8) is 0 Å². The number of rotatable bonds is 5. The molecule has 0 bridgehead atoms. The first-order valence-electron chi connectivity index (χ1n) is 7.28. The van der Waals surface area contributed by atoms with Gasteiger partial charge in [0.25, 0.3) is 11.7 Å². The minimum Gasteiger partial charge on any atom is -0.464 e. The van der Waals surface area contributed by atoms with Crippen LogP contribution < -0.4 is 15.6 Å². The van der Waals surface area contributed by atoms with Gasteiger partial charge in [0.15, 0.2) is 0 Å². The van der Waals surface area contributed by atoms with E-state index in [-0.39, 0.29) is 21.4 Å². The van der Waals surface area contributed by atoms with Crippen LogP contribution in [0.2, 0.25) is 10.0 Å². The molecule has 2 rings (SSSR count). The topological polar surface area (TPSA) is 81.6 Å². The van der Waals surface area contributed by atoms with Gasteiger partial charge in [-0.1, -0.05) is 35.3 Å². The number of esters is 1. The third-order valence-electron chi connectivity index (χ3n) is 3.43. The Morgan fingerprint density at radius 3 is 2.30 bits per heavy atom. The van der Waals surface area contributed by atoms with Crippen molar-refractivity contribution in [3.8, 4) is 0 Å². The van der Waals surface area contributed by atoms with Gasteiger partial charge in [0.05, 0.1) is 22.7 Å². The molecule has 0 aliphatic carbocycles. The van der Waals surface area contributed by atoms with Gasteiger partial charge in [0.1, 0.15) is 6.20 Å². The van der Waals surface area contributed by atoms with E-state index in [9.17, 15) is 22.8 Å². The van der Waals surface area contributed by atoms with Crippen LogP contribution >= 0.6 is 23.2 Å². The number of pyridine rings is 1. The summed E-state index contributed by atoms with van der Waals surface area (Å²) in [7, 11) is 0.762. The van der Waals surface area contributed by atoms with Crippen LogP contribution in [0.5, 0.6) is 0 Å². The van der Waals surface area contributed by atoms with Crippen molar-refractivity contribution in [2.75, 3.05) is 12.4 Å². The Hall–Kier alpha value is -2.52. The second-order valence-corrected chi connectivity index (χ2v) is 6.06. The lowest BCUT2D eigenvalue weighted by atomic mass is 10.1. The van der Waals surface area contributed by atoms with Crippen molar-refractivity contribution < 1.29 is 32.5 Å². The van der Waals surface area contributed by atoms with Crippen LogP contribution in [0.15, 0.2) is 42.6 Å². The molecule has 1 amide bonds. The summed E-state index contributed by atoms with van der Waals surface area (Å²) in [4.78, 5) is 27.0. The fourth-order valence-corrected chi connectivity index (χ4v) is 2.45. The van der Waals surface area contributed by atoms with E-state index in [0.717, 1.165) is 13.2 Å². The molecule has 3 N–H and O–H groups in total. The fourth-order valence-electron chi connectivity index (χ4n) is 2.11. The van der Waals surface area contributed by atoms with Gasteiger partial charge >= 0.3 is 17.8 Å². The standard InChI is InChI=1S/C16H12Cl2F3N3O3/c1-27-14(26)15(16(19,20)21,23-12-7-6-9(17)8-22-12)24-13(25)10-4-2-3-5-11(10)18/h2-8H,1H3,(H,22,23)(H,24,25)/p+1/t15-/m0/s1. The molecular weight excluding hydrogens is 410 g/mol. The molecule has 0 aliphatic rings. The predicted octanol–water partition coefficient (Wildman–Crippen LogP) is 3.08. The first-order valence-corrected chi connectivity index (χ1v) is 8.04. The minimum atomic E-state index is -5.27. The van der Waals surface area contributed by atoms with Gasteiger partial charge in [-0.25, -0.2) is 15.1 Å². The van der Waals surface area contributed by atoms with Crippen LogP contribution in [-0.2, 0) is 9.53 Å². The maximum atomic E-state index is 13.9. The predicted molar refractivity (Wildman–Crippen MR) is 91.4 cm³/mol. The number of amides is 1. The maximum absolute atomic E-state index is 13.9. The van der Waals surface area contributed by atoms with Crippen molar-refractivity contribution in [1.82, 2.24) is 5.32 Å². The summed E-state index contributed by atoms with van der Waals surface area (Å²) < 4.78 is 46.0. The van der Waals surface area contributed by atoms with Crippen LogP contribution in [0.4, 0.5) is 19.0 Å². The van der Waals surface area contributed by atoms with Crippen molar-refractivity contribution in [2.45, 2.75) is 11.8 Å². The van der Waals surface area contributed by atoms with E-state index in [1.165, 1.54) is 36.5 Å². The summed E-state index contributed by atoms with van der Waals surface area (Å²) in [6, 6.07) is 7.89. The number of carbonyl (C=O) groups is 2. The van der Waals surface area contributed by atoms with Crippen LogP contribution in [0.25, 0.3) is 0 Å². The van der Waals surface area contributed by atoms with E-state index >= 15 is 0 Å². The second-order valence-electron chi connectivity index (χ2n) is 5.22. The van der Waals surface area contributed by atoms with E-state index in [4.69, 9.17) is 23.2 Å². The van der Waals surface area contributed by atoms with E-state index in [1.807, 2.05) is 5.32 Å². The van der Waals surface area contributed by atoms with Crippen LogP contribution in [0.3, 0.4) is 0 Å². The number of hydrogen-bond acceptors (Lipinski definition) is 4. The van der Waals surface area contributed by atoms with Crippen molar-refractivity contribution in [2.24, 2.45) is 0 Å². The largest absolute Gasteiger partial charge is 0.464 e. The molecule has 1 heterocycles. The highest BCUT2D eigenvalue weighted by atomic mass is 35.5. The molecule has 0 radical (unpaired) electrons. The molecule has 27 heavy (non-hydrogen) atoms. The third-order valence-corrected chi connectivity index (χ3v) is 4.00. The Morgan fingerprint density at radius 1 is 1.11 bits per heavy atom. The summed E-state index contributed by atoms with van der Waals surface area (Å²) in [5.41, 5.74) is -3.83. The number of anilines is 1. The number of hydrogen-bond donors (Lipinski definition) is 2. The first-order chi connectivity index (χ1) is 12.6. The van der Waals surface area contributed by atoms with Crippen LogP contribution in [0, 0.1) is 0 Å². The number of benzene rings is 1. The fraction of sp³-hybridized carbons (Fsp3) is 0.188. The summed E-state index contributed by atoms with van der Waals surface area (Å²) in [6.07, 6.45) is -4.08. The highest BCUT2D eigenvalue weighted by Crippen LogP contribution is 2.33. The number of H-pyrrole nitrogens is 1. The molecule has 144 valence electrons. The van der Waals surface area contributed by atoms with Crippen LogP contribution in [0.1, 0.15) is 10.4 Å². The number of alkyl halides is 3. The third kappa shape index (κ3) is 4.42. The lowest BCUT2D eigenvalue weighted by Gasteiger charge is -2.30. The molecule has 0 unspecified atom stereocenters. The highest BCUT2D eigenvalue weighted by Gasteiger charge is 2.67. The van der Waals surface area contributed by atoms with Gasteiger partial charge in [-0.15, -0.1) is 0 Å². The van der Waals surface area contributed by atoms with Crippen molar-refractivity contribution in [1.29, 1.82) is 0 Å². The first kappa shape index (κ1) is 20.8. The highest BCUT2D eigenvalue weighted by molar-refractivity contribution is 6.33. The molecular formula is C16H13Cl2F3N3O3+. The zero-order valence-corrected chi connectivity index (χ0v) is 15.2. The zero-order valence-electron chi connectivity index (χ0n) is 13.7. The quantitative estimate of drug-likeness (QED) is 0.572. The molecule has 6 nitrogen and oxygen atoms in total. The monoisotopic (exact) mass is 422 g/mol. The van der Waals surface area contributed by atoms with Gasteiger partial charge in [-0.2, -0.15) is 13.2 Å². The molecule has 0 fully saturated rings. The van der Waals surface area contributed by atoms with E-state index in [0.29, 0.717) is 0 Å². The number of methoxy groups -OCH3 is 1. The zero-order chi connectivity index (χ0) is 20.2. The lowest BCUT2D eigenvalue weighted by Crippen LogP contribution is -2.69. The average molecular weight is 423 g/mol. The number of aromatic nitrogens is 1. The van der Waals surface area contributed by atoms with Gasteiger partial charge in [0.2, 0.25) is 0 Å². The van der Waals surface area contributed by atoms with Crippen molar-refractivity contribution in [3.05, 3.63) is 58.2 Å². The summed E-state index contributed by atoms with van der Waals surface area (Å²) in [5.74, 6) is -3.26. The Labute approximate surface area is 161 Å². The van der Waals surface area contributed by atoms with Crippen LogP contribution in [-0.4, -0.2) is 30.8 Å². The van der Waals surface area contributed by atoms with Crippen molar-refractivity contribution >= 4 is 40.9 Å². The molecule has 0 saturated carbocycles. The number of halogens is 5. The van der Waals surface area contributed by atoms with Gasteiger partial charge in [-0.05, 0) is 18.2 Å². The Bertz CT molecular complexity index is 847. The Kier molecular flexibility index (Phi) is 6.17. The number of nitrogens with one attached hydrogen (secondary N) is 3. The molecule has 0 aliphatic heterocycles. The molecule has 0 spiro atoms. The molecule has 2 aromatic rings.